The van der Waals surface area contributed by atoms with E-state index in [9.17, 15) is 14.4 Å². The molecule has 0 bridgehead atoms. The van der Waals surface area contributed by atoms with E-state index in [1.165, 1.54) is 25.7 Å². The number of benzene rings is 2. The Morgan fingerprint density at radius 2 is 1.74 bits per heavy atom. The fourth-order valence-electron chi connectivity index (χ4n) is 5.83. The number of ether oxygens (including phenoxy) is 2. The first kappa shape index (κ1) is 27.5. The molecule has 5 rings (SSSR count). The maximum atomic E-state index is 13.0. The number of rotatable bonds is 5. The molecule has 2 aromatic carbocycles. The lowest BCUT2D eigenvalue weighted by atomic mass is 9.96. The van der Waals surface area contributed by atoms with Crippen LogP contribution in [0.5, 0.6) is 0 Å². The molecule has 0 atom stereocenters. The van der Waals surface area contributed by atoms with Gasteiger partial charge in [0.25, 0.3) is 11.7 Å². The molecular formula is C30H36ClN3O5. The molecule has 0 radical (unpaired) electrons. The lowest BCUT2D eigenvalue weighted by Gasteiger charge is -2.32. The van der Waals surface area contributed by atoms with Gasteiger partial charge in [-0.2, -0.15) is 0 Å². The van der Waals surface area contributed by atoms with Crippen molar-refractivity contribution in [1.82, 2.24) is 10.6 Å². The molecule has 1 saturated heterocycles. The topological polar surface area (TPSA) is 106 Å². The van der Waals surface area contributed by atoms with Gasteiger partial charge in [-0.25, -0.2) is 0 Å². The average Bonchev–Trinajstić information content (AvgIpc) is 3.32. The zero-order valence-electron chi connectivity index (χ0n) is 22.4. The number of hydrogen-bond donors (Lipinski definition) is 3. The summed E-state index contributed by atoms with van der Waals surface area (Å²) in [6.07, 6.45) is 7.50. The largest absolute Gasteiger partial charge is 0.416 e. The minimum absolute atomic E-state index is 0.0113. The highest BCUT2D eigenvalue weighted by molar-refractivity contribution is 6.33. The maximum absolute atomic E-state index is 13.0. The van der Waals surface area contributed by atoms with Crippen molar-refractivity contribution in [2.24, 2.45) is 0 Å². The number of aryl methyl sites for hydroxylation is 1. The van der Waals surface area contributed by atoms with Gasteiger partial charge in [0.2, 0.25) is 0 Å². The van der Waals surface area contributed by atoms with Gasteiger partial charge >= 0.3 is 11.9 Å². The van der Waals surface area contributed by atoms with Gasteiger partial charge in [-0.15, -0.1) is 0 Å². The van der Waals surface area contributed by atoms with Crippen LogP contribution in [0, 0.1) is 6.92 Å². The summed E-state index contributed by atoms with van der Waals surface area (Å²) in [5.41, 5.74) is 4.77. The second-order valence-corrected chi connectivity index (χ2v) is 11.1. The third kappa shape index (κ3) is 6.23. The minimum Gasteiger partial charge on any atom is -0.416 e. The maximum Gasteiger partial charge on any atom is 0.309 e. The number of fused-ring (bicyclic) bond motifs is 2. The molecule has 2 aromatic rings. The Morgan fingerprint density at radius 1 is 1.03 bits per heavy atom. The van der Waals surface area contributed by atoms with Gasteiger partial charge < -0.3 is 25.4 Å². The quantitative estimate of drug-likeness (QED) is 0.357. The van der Waals surface area contributed by atoms with Crippen LogP contribution in [0.4, 0.5) is 5.69 Å². The van der Waals surface area contributed by atoms with Crippen molar-refractivity contribution in [2.45, 2.75) is 83.1 Å². The third-order valence-corrected chi connectivity index (χ3v) is 8.18. The number of amides is 1. The van der Waals surface area contributed by atoms with E-state index in [0.29, 0.717) is 41.3 Å². The Hall–Kier alpha value is -3.10. The summed E-state index contributed by atoms with van der Waals surface area (Å²) in [5.74, 6) is -2.49. The summed E-state index contributed by atoms with van der Waals surface area (Å²) >= 11 is 6.65. The van der Waals surface area contributed by atoms with E-state index in [1.807, 2.05) is 25.1 Å². The molecule has 208 valence electrons. The molecule has 2 aliphatic heterocycles. The number of hydrogen-bond acceptors (Lipinski definition) is 7. The summed E-state index contributed by atoms with van der Waals surface area (Å²) in [7, 11) is 0. The van der Waals surface area contributed by atoms with Crippen LogP contribution in [-0.4, -0.2) is 37.0 Å². The van der Waals surface area contributed by atoms with Crippen molar-refractivity contribution >= 4 is 35.1 Å². The normalized spacial score (nSPS) is 19.6. The van der Waals surface area contributed by atoms with Crippen molar-refractivity contribution in [2.75, 3.05) is 18.4 Å². The van der Waals surface area contributed by atoms with E-state index >= 15 is 0 Å². The third-order valence-electron chi connectivity index (χ3n) is 7.87. The second-order valence-electron chi connectivity index (χ2n) is 10.7. The van der Waals surface area contributed by atoms with E-state index < -0.39 is 17.7 Å². The molecule has 2 fully saturated rings. The summed E-state index contributed by atoms with van der Waals surface area (Å²) in [5, 5.41) is 10.4. The van der Waals surface area contributed by atoms with Crippen LogP contribution in [0.1, 0.15) is 84.0 Å². The van der Waals surface area contributed by atoms with E-state index in [4.69, 9.17) is 21.1 Å². The highest BCUT2D eigenvalue weighted by Gasteiger charge is 2.46. The lowest BCUT2D eigenvalue weighted by molar-refractivity contribution is -0.225. The zero-order valence-corrected chi connectivity index (χ0v) is 23.1. The van der Waals surface area contributed by atoms with Crippen molar-refractivity contribution in [1.29, 1.82) is 0 Å². The van der Waals surface area contributed by atoms with Crippen LogP contribution in [0.2, 0.25) is 5.02 Å². The number of esters is 2. The fraction of sp³-hybridized carbons (Fsp3) is 0.500. The first-order valence-corrected chi connectivity index (χ1v) is 14.3. The number of carbonyl (C=O) groups excluding carboxylic acids is 3. The van der Waals surface area contributed by atoms with Crippen molar-refractivity contribution < 1.29 is 23.9 Å². The molecule has 3 aliphatic rings. The highest BCUT2D eigenvalue weighted by Crippen LogP contribution is 2.40. The van der Waals surface area contributed by atoms with Crippen LogP contribution in [0.15, 0.2) is 30.3 Å². The summed E-state index contributed by atoms with van der Waals surface area (Å²) < 4.78 is 11.5. The van der Waals surface area contributed by atoms with Gasteiger partial charge in [0.1, 0.15) is 0 Å². The lowest BCUT2D eigenvalue weighted by Crippen LogP contribution is -2.43. The molecule has 2 heterocycles. The van der Waals surface area contributed by atoms with Gasteiger partial charge in [-0.3, -0.25) is 14.4 Å². The smallest absolute Gasteiger partial charge is 0.309 e. The molecular weight excluding hydrogens is 518 g/mol. The average molecular weight is 554 g/mol. The summed E-state index contributed by atoms with van der Waals surface area (Å²) in [4.78, 5) is 37.7. The van der Waals surface area contributed by atoms with Gasteiger partial charge in [-0.1, -0.05) is 49.4 Å². The van der Waals surface area contributed by atoms with Gasteiger partial charge in [-0.05, 0) is 67.6 Å². The molecule has 39 heavy (non-hydrogen) atoms. The van der Waals surface area contributed by atoms with Crippen LogP contribution < -0.4 is 16.0 Å². The fourth-order valence-corrected chi connectivity index (χ4v) is 6.08. The Morgan fingerprint density at radius 3 is 2.44 bits per heavy atom. The molecule has 0 aromatic heterocycles. The number of carbonyl (C=O) groups is 3. The van der Waals surface area contributed by atoms with Crippen molar-refractivity contribution in [3.63, 3.8) is 0 Å². The van der Waals surface area contributed by atoms with Crippen molar-refractivity contribution in [3.05, 3.63) is 63.2 Å². The number of halogens is 1. The molecule has 1 spiro atoms. The monoisotopic (exact) mass is 553 g/mol. The van der Waals surface area contributed by atoms with Gasteiger partial charge in [0, 0.05) is 23.7 Å². The van der Waals surface area contributed by atoms with E-state index in [1.54, 1.807) is 12.1 Å². The molecule has 0 unspecified atom stereocenters. The van der Waals surface area contributed by atoms with Crippen LogP contribution in [0.3, 0.4) is 0 Å². The molecule has 1 amide bonds. The SMILES string of the molecule is Cc1cc(CNc2c(Cl)ccc3c2CCNCC32OC(=O)CCC(=O)O2)ccc1C(=O)NC1CCCCCC1. The molecule has 1 aliphatic carbocycles. The standard InChI is InChI=1S/C30H36ClN3O5/c1-19-16-20(8-9-22(19)29(37)34-21-6-4-2-3-5-7-21)17-33-28-23-14-15-32-18-30(24(23)10-11-25(28)31)38-26(35)12-13-27(36)39-30/h8-11,16,21,32-33H,2-7,12-15,17-18H2,1H3,(H,34,37). The Kier molecular flexibility index (Phi) is 8.43. The number of anilines is 1. The zero-order chi connectivity index (χ0) is 27.4. The highest BCUT2D eigenvalue weighted by atomic mass is 35.5. The van der Waals surface area contributed by atoms with E-state index in [-0.39, 0.29) is 31.3 Å². The minimum atomic E-state index is -1.53. The molecule has 3 N–H and O–H groups in total. The molecule has 9 heteroatoms. The first-order chi connectivity index (χ1) is 18.8. The van der Waals surface area contributed by atoms with Crippen LogP contribution >= 0.6 is 11.6 Å². The first-order valence-electron chi connectivity index (χ1n) is 14.0. The van der Waals surface area contributed by atoms with Crippen LogP contribution in [-0.2, 0) is 37.8 Å². The van der Waals surface area contributed by atoms with E-state index in [2.05, 4.69) is 16.0 Å². The number of nitrogens with one attached hydrogen (secondary N) is 3. The molecule has 8 nitrogen and oxygen atoms in total. The Labute approximate surface area is 234 Å². The summed E-state index contributed by atoms with van der Waals surface area (Å²) in [6, 6.07) is 9.61. The van der Waals surface area contributed by atoms with Crippen molar-refractivity contribution in [3.8, 4) is 0 Å². The Balaban J connectivity index is 1.34. The predicted molar refractivity (Wildman–Crippen MR) is 149 cm³/mol. The predicted octanol–water partition coefficient (Wildman–Crippen LogP) is 4.89. The second kappa shape index (κ2) is 12.0. The van der Waals surface area contributed by atoms with Gasteiger partial charge in [0.15, 0.2) is 0 Å². The molecule has 1 saturated carbocycles. The van der Waals surface area contributed by atoms with Crippen LogP contribution in [0.25, 0.3) is 0 Å². The Bertz CT molecular complexity index is 1240. The van der Waals surface area contributed by atoms with Gasteiger partial charge in [0.05, 0.1) is 30.1 Å². The summed E-state index contributed by atoms with van der Waals surface area (Å²) in [6.45, 7) is 3.20. The van der Waals surface area contributed by atoms with E-state index in [0.717, 1.165) is 29.5 Å².